The average Bonchev–Trinajstić information content (AvgIpc) is 2.85. The Bertz CT molecular complexity index is 652. The topological polar surface area (TPSA) is 68.3 Å². The van der Waals surface area contributed by atoms with Gasteiger partial charge in [0.25, 0.3) is 5.69 Å². The van der Waals surface area contributed by atoms with E-state index >= 15 is 0 Å². The minimum absolute atomic E-state index is 0.0434. The van der Waals surface area contributed by atoms with Gasteiger partial charge < -0.3 is 9.67 Å². The maximum absolute atomic E-state index is 12.4. The van der Waals surface area contributed by atoms with Gasteiger partial charge in [-0.25, -0.2) is 0 Å². The molecule has 8 heteroatoms. The number of nitrogens with zero attached hydrogens (tertiary/aromatic N) is 2. The summed E-state index contributed by atoms with van der Waals surface area (Å²) in [5.41, 5.74) is -0.0450. The maximum atomic E-state index is 12.4. The Morgan fingerprint density at radius 1 is 1.29 bits per heavy atom. The largest absolute Gasteiger partial charge is 0.418 e. The second kappa shape index (κ2) is 5.57. The highest BCUT2D eigenvalue weighted by Crippen LogP contribution is 2.32. The van der Waals surface area contributed by atoms with Crippen LogP contribution in [-0.2, 0) is 6.54 Å². The molecule has 5 nitrogen and oxygen atoms in total. The lowest BCUT2D eigenvalue weighted by Crippen LogP contribution is -2.19. The van der Waals surface area contributed by atoms with Crippen LogP contribution in [0.4, 0.5) is 18.9 Å². The average molecular weight is 300 g/mol. The van der Waals surface area contributed by atoms with Gasteiger partial charge in [0.2, 0.25) is 0 Å². The van der Waals surface area contributed by atoms with Gasteiger partial charge in [-0.2, -0.15) is 13.2 Å². The summed E-state index contributed by atoms with van der Waals surface area (Å²) in [5.74, 6) is 0. The third-order valence-corrected chi connectivity index (χ3v) is 2.94. The first-order valence-corrected chi connectivity index (χ1v) is 5.92. The Kier molecular flexibility index (Phi) is 3.99. The molecule has 0 radical (unpaired) electrons. The number of hydrogen-bond donors (Lipinski definition) is 1. The monoisotopic (exact) mass is 300 g/mol. The Morgan fingerprint density at radius 3 is 2.57 bits per heavy atom. The SMILES string of the molecule is O=[N+]([O-])c1ccccc1Cn1ccc(C(O)C(F)(F)F)c1. The molecule has 0 saturated carbocycles. The van der Waals surface area contributed by atoms with Crippen molar-refractivity contribution in [2.24, 2.45) is 0 Å². The first kappa shape index (κ1) is 15.0. The van der Waals surface area contributed by atoms with Crippen LogP contribution in [-0.4, -0.2) is 20.8 Å². The minimum Gasteiger partial charge on any atom is -0.379 e. The molecule has 1 unspecified atom stereocenters. The van der Waals surface area contributed by atoms with Gasteiger partial charge in [0.05, 0.1) is 11.5 Å². The van der Waals surface area contributed by atoms with E-state index in [1.165, 1.54) is 29.0 Å². The van der Waals surface area contributed by atoms with Gasteiger partial charge in [0, 0.05) is 29.6 Å². The Labute approximate surface area is 117 Å². The summed E-state index contributed by atoms with van der Waals surface area (Å²) < 4.78 is 38.5. The molecule has 0 saturated heterocycles. The van der Waals surface area contributed by atoms with Crippen LogP contribution in [0.5, 0.6) is 0 Å². The highest BCUT2D eigenvalue weighted by atomic mass is 19.4. The van der Waals surface area contributed by atoms with Crippen LogP contribution in [0.2, 0.25) is 0 Å². The van der Waals surface area contributed by atoms with E-state index in [1.54, 1.807) is 6.07 Å². The van der Waals surface area contributed by atoms with E-state index in [-0.39, 0.29) is 17.8 Å². The summed E-state index contributed by atoms with van der Waals surface area (Å²) in [7, 11) is 0. The molecule has 0 amide bonds. The molecule has 2 aromatic rings. The third kappa shape index (κ3) is 3.40. The fraction of sp³-hybridized carbons (Fsp3) is 0.231. The molecular weight excluding hydrogens is 289 g/mol. The minimum atomic E-state index is -4.75. The van der Waals surface area contributed by atoms with Crippen LogP contribution in [0.3, 0.4) is 0 Å². The number of aliphatic hydroxyl groups excluding tert-OH is 1. The zero-order valence-corrected chi connectivity index (χ0v) is 10.6. The summed E-state index contributed by atoms with van der Waals surface area (Å²) in [4.78, 5) is 10.3. The highest BCUT2D eigenvalue weighted by molar-refractivity contribution is 5.40. The van der Waals surface area contributed by atoms with Gasteiger partial charge in [-0.1, -0.05) is 18.2 Å². The van der Waals surface area contributed by atoms with Gasteiger partial charge in [0.15, 0.2) is 6.10 Å². The van der Waals surface area contributed by atoms with Crippen molar-refractivity contribution in [1.82, 2.24) is 4.57 Å². The number of rotatable bonds is 4. The van der Waals surface area contributed by atoms with Gasteiger partial charge in [-0.05, 0) is 6.07 Å². The number of hydrogen-bond acceptors (Lipinski definition) is 3. The van der Waals surface area contributed by atoms with E-state index in [0.29, 0.717) is 5.56 Å². The van der Waals surface area contributed by atoms with Crippen molar-refractivity contribution in [2.75, 3.05) is 0 Å². The molecule has 1 aromatic heterocycles. The number of halogens is 3. The maximum Gasteiger partial charge on any atom is 0.418 e. The van der Waals surface area contributed by atoms with Crippen LogP contribution in [0.25, 0.3) is 0 Å². The van der Waals surface area contributed by atoms with Crippen LogP contribution in [0.1, 0.15) is 17.2 Å². The predicted octanol–water partition coefficient (Wildman–Crippen LogP) is 3.04. The summed E-state index contributed by atoms with van der Waals surface area (Å²) >= 11 is 0. The molecule has 0 bridgehead atoms. The number of benzene rings is 1. The summed E-state index contributed by atoms with van der Waals surface area (Å²) in [5, 5.41) is 20.0. The molecule has 1 atom stereocenters. The normalized spacial score (nSPS) is 13.1. The lowest BCUT2D eigenvalue weighted by molar-refractivity contribution is -0.385. The predicted molar refractivity (Wildman–Crippen MR) is 67.6 cm³/mol. The zero-order valence-electron chi connectivity index (χ0n) is 10.6. The zero-order chi connectivity index (χ0) is 15.6. The van der Waals surface area contributed by atoms with E-state index in [1.807, 2.05) is 0 Å². The number of nitro benzene ring substituents is 1. The summed E-state index contributed by atoms with van der Waals surface area (Å²) in [6, 6.07) is 7.10. The van der Waals surface area contributed by atoms with Gasteiger partial charge in [-0.3, -0.25) is 10.1 Å². The third-order valence-electron chi connectivity index (χ3n) is 2.94. The lowest BCUT2D eigenvalue weighted by atomic mass is 10.2. The molecule has 0 aliphatic rings. The second-order valence-corrected chi connectivity index (χ2v) is 4.45. The fourth-order valence-corrected chi connectivity index (χ4v) is 1.93. The first-order valence-electron chi connectivity index (χ1n) is 5.92. The Balaban J connectivity index is 2.23. The van der Waals surface area contributed by atoms with E-state index in [4.69, 9.17) is 5.11 Å². The number of nitro groups is 1. The van der Waals surface area contributed by atoms with Crippen molar-refractivity contribution in [1.29, 1.82) is 0 Å². The van der Waals surface area contributed by atoms with Gasteiger partial charge in [-0.15, -0.1) is 0 Å². The van der Waals surface area contributed by atoms with Crippen LogP contribution < -0.4 is 0 Å². The van der Waals surface area contributed by atoms with Crippen molar-refractivity contribution in [3.8, 4) is 0 Å². The lowest BCUT2D eigenvalue weighted by Gasteiger charge is -2.12. The van der Waals surface area contributed by atoms with Crippen molar-refractivity contribution >= 4 is 5.69 Å². The second-order valence-electron chi connectivity index (χ2n) is 4.45. The Hall–Kier alpha value is -2.35. The Morgan fingerprint density at radius 2 is 1.95 bits per heavy atom. The number of aliphatic hydroxyl groups is 1. The molecule has 1 aromatic carbocycles. The number of alkyl halides is 3. The van der Waals surface area contributed by atoms with Crippen molar-refractivity contribution < 1.29 is 23.2 Å². The molecule has 1 N–H and O–H groups in total. The molecule has 21 heavy (non-hydrogen) atoms. The first-order chi connectivity index (χ1) is 9.79. The smallest absolute Gasteiger partial charge is 0.379 e. The van der Waals surface area contributed by atoms with Crippen molar-refractivity contribution in [3.63, 3.8) is 0 Å². The fourth-order valence-electron chi connectivity index (χ4n) is 1.93. The molecule has 0 aliphatic carbocycles. The molecule has 0 fully saturated rings. The van der Waals surface area contributed by atoms with Crippen LogP contribution in [0, 0.1) is 10.1 Å². The molecule has 1 heterocycles. The standard InChI is InChI=1S/C13H11F3N2O3/c14-13(15,16)12(19)10-5-6-17(8-10)7-9-3-1-2-4-11(9)18(20)21/h1-6,8,12,19H,7H2. The van der Waals surface area contributed by atoms with Crippen LogP contribution in [0.15, 0.2) is 42.7 Å². The van der Waals surface area contributed by atoms with E-state index < -0.39 is 17.2 Å². The molecule has 0 spiro atoms. The summed E-state index contributed by atoms with van der Waals surface area (Å²) in [6.07, 6.45) is -4.86. The van der Waals surface area contributed by atoms with E-state index in [0.717, 1.165) is 12.3 Å². The molecule has 2 rings (SSSR count). The number of para-hydroxylation sites is 1. The van der Waals surface area contributed by atoms with Crippen molar-refractivity contribution in [3.05, 3.63) is 64.0 Å². The van der Waals surface area contributed by atoms with Gasteiger partial charge in [0.1, 0.15) is 0 Å². The highest BCUT2D eigenvalue weighted by Gasteiger charge is 2.39. The quantitative estimate of drug-likeness (QED) is 0.697. The molecular formula is C13H11F3N2O3. The van der Waals surface area contributed by atoms with Crippen LogP contribution >= 0.6 is 0 Å². The van der Waals surface area contributed by atoms with Crippen molar-refractivity contribution in [2.45, 2.75) is 18.8 Å². The molecule has 0 aliphatic heterocycles. The van der Waals surface area contributed by atoms with Gasteiger partial charge >= 0.3 is 6.18 Å². The van der Waals surface area contributed by atoms with E-state index in [2.05, 4.69) is 0 Å². The molecule has 112 valence electrons. The number of aromatic nitrogens is 1. The summed E-state index contributed by atoms with van der Waals surface area (Å²) in [6.45, 7) is 0.0434. The van der Waals surface area contributed by atoms with E-state index in [9.17, 15) is 23.3 Å².